The third kappa shape index (κ3) is 3.36. The van der Waals surface area contributed by atoms with Crippen LogP contribution in [0.5, 0.6) is 0 Å². The zero-order chi connectivity index (χ0) is 13.8. The van der Waals surface area contributed by atoms with Crippen LogP contribution in [0.25, 0.3) is 10.9 Å². The van der Waals surface area contributed by atoms with Crippen molar-refractivity contribution in [1.29, 1.82) is 0 Å². The van der Waals surface area contributed by atoms with E-state index in [1.54, 1.807) is 0 Å². The molecular formula is C14H17BrN2O2. The van der Waals surface area contributed by atoms with E-state index in [-0.39, 0.29) is 0 Å². The molecule has 2 aromatic rings. The van der Waals surface area contributed by atoms with Crippen molar-refractivity contribution in [2.45, 2.75) is 32.4 Å². The Kier molecular flexibility index (Phi) is 4.61. The highest BCUT2D eigenvalue weighted by atomic mass is 79.9. The number of aromatic nitrogens is 1. The molecule has 0 radical (unpaired) electrons. The van der Waals surface area contributed by atoms with Gasteiger partial charge >= 0.3 is 5.97 Å². The number of aliphatic carboxylic acids is 1. The summed E-state index contributed by atoms with van der Waals surface area (Å²) >= 11 is 3.45. The molecule has 0 aliphatic rings. The largest absolute Gasteiger partial charge is 0.480 e. The molecule has 0 bridgehead atoms. The minimum atomic E-state index is -0.789. The fourth-order valence-corrected chi connectivity index (χ4v) is 2.49. The van der Waals surface area contributed by atoms with E-state index < -0.39 is 12.0 Å². The molecule has 0 amide bonds. The molecule has 1 aromatic heterocycles. The van der Waals surface area contributed by atoms with Gasteiger partial charge in [-0.15, -0.1) is 0 Å². The molecule has 0 saturated heterocycles. The van der Waals surface area contributed by atoms with Gasteiger partial charge in [-0.05, 0) is 30.2 Å². The second-order valence-corrected chi connectivity index (χ2v) is 5.48. The summed E-state index contributed by atoms with van der Waals surface area (Å²) < 4.78 is 1.02. The number of carbonyl (C=O) groups is 1. The number of nitrogens with one attached hydrogen (secondary N) is 2. The van der Waals surface area contributed by atoms with E-state index >= 15 is 0 Å². The van der Waals surface area contributed by atoms with Gasteiger partial charge in [0.2, 0.25) is 0 Å². The lowest BCUT2D eigenvalue weighted by Crippen LogP contribution is -2.35. The van der Waals surface area contributed by atoms with Crippen LogP contribution in [0.15, 0.2) is 28.9 Å². The topological polar surface area (TPSA) is 65.1 Å². The number of H-pyrrole nitrogens is 1. The van der Waals surface area contributed by atoms with Crippen molar-refractivity contribution >= 4 is 32.8 Å². The maximum atomic E-state index is 11.1. The van der Waals surface area contributed by atoms with Gasteiger partial charge in [-0.2, -0.15) is 0 Å². The Morgan fingerprint density at radius 3 is 3.00 bits per heavy atom. The van der Waals surface area contributed by atoms with Gasteiger partial charge in [0.25, 0.3) is 0 Å². The van der Waals surface area contributed by atoms with Gasteiger partial charge in [0.1, 0.15) is 6.04 Å². The zero-order valence-electron chi connectivity index (χ0n) is 10.7. The number of hydrogen-bond donors (Lipinski definition) is 3. The van der Waals surface area contributed by atoms with E-state index in [0.717, 1.165) is 27.4 Å². The molecule has 0 fully saturated rings. The third-order valence-corrected chi connectivity index (χ3v) is 3.64. The van der Waals surface area contributed by atoms with Crippen LogP contribution in [0.3, 0.4) is 0 Å². The van der Waals surface area contributed by atoms with Gasteiger partial charge in [-0.1, -0.05) is 29.3 Å². The van der Waals surface area contributed by atoms with Crippen LogP contribution in [-0.2, 0) is 11.3 Å². The second kappa shape index (κ2) is 6.21. The molecule has 4 nitrogen and oxygen atoms in total. The highest BCUT2D eigenvalue weighted by molar-refractivity contribution is 9.10. The molecule has 0 aliphatic heterocycles. The van der Waals surface area contributed by atoms with Gasteiger partial charge in [0, 0.05) is 28.1 Å². The first-order valence-corrected chi connectivity index (χ1v) is 7.12. The molecule has 3 N–H and O–H groups in total. The molecule has 19 heavy (non-hydrogen) atoms. The molecule has 102 valence electrons. The van der Waals surface area contributed by atoms with E-state index in [4.69, 9.17) is 5.11 Å². The molecule has 1 unspecified atom stereocenters. The fraction of sp³-hybridized carbons (Fsp3) is 0.357. The van der Waals surface area contributed by atoms with E-state index in [1.807, 2.05) is 31.3 Å². The van der Waals surface area contributed by atoms with Crippen LogP contribution in [-0.4, -0.2) is 22.1 Å². The summed E-state index contributed by atoms with van der Waals surface area (Å²) in [5.41, 5.74) is 2.14. The predicted molar refractivity (Wildman–Crippen MR) is 79.2 cm³/mol. The molecule has 1 heterocycles. The fourth-order valence-electron chi connectivity index (χ4n) is 2.13. The van der Waals surface area contributed by atoms with Crippen LogP contribution >= 0.6 is 15.9 Å². The maximum Gasteiger partial charge on any atom is 0.320 e. The smallest absolute Gasteiger partial charge is 0.320 e. The number of aromatic amines is 1. The van der Waals surface area contributed by atoms with Gasteiger partial charge < -0.3 is 15.4 Å². The summed E-state index contributed by atoms with van der Waals surface area (Å²) in [6, 6.07) is 5.54. The summed E-state index contributed by atoms with van der Waals surface area (Å²) in [6.45, 7) is 2.54. The number of halogens is 1. The Morgan fingerprint density at radius 2 is 2.32 bits per heavy atom. The highest BCUT2D eigenvalue weighted by Crippen LogP contribution is 2.22. The summed E-state index contributed by atoms with van der Waals surface area (Å²) in [4.78, 5) is 14.3. The van der Waals surface area contributed by atoms with Crippen molar-refractivity contribution in [1.82, 2.24) is 10.3 Å². The zero-order valence-corrected chi connectivity index (χ0v) is 12.3. The van der Waals surface area contributed by atoms with Crippen molar-refractivity contribution in [3.05, 3.63) is 34.4 Å². The average Bonchev–Trinajstić information content (AvgIpc) is 2.76. The first-order valence-electron chi connectivity index (χ1n) is 6.33. The lowest BCUT2D eigenvalue weighted by molar-refractivity contribution is -0.139. The van der Waals surface area contributed by atoms with E-state index in [2.05, 4.69) is 26.2 Å². The van der Waals surface area contributed by atoms with E-state index in [9.17, 15) is 4.79 Å². The summed E-state index contributed by atoms with van der Waals surface area (Å²) in [5, 5.41) is 13.3. The second-order valence-electron chi connectivity index (χ2n) is 4.56. The van der Waals surface area contributed by atoms with Crippen molar-refractivity contribution < 1.29 is 9.90 Å². The number of hydrogen-bond acceptors (Lipinski definition) is 2. The van der Waals surface area contributed by atoms with E-state index in [1.165, 1.54) is 0 Å². The molecule has 0 saturated carbocycles. The first kappa shape index (κ1) is 14.1. The van der Waals surface area contributed by atoms with Crippen LogP contribution < -0.4 is 5.32 Å². The van der Waals surface area contributed by atoms with E-state index in [0.29, 0.717) is 13.0 Å². The lowest BCUT2D eigenvalue weighted by atomic mass is 10.1. The quantitative estimate of drug-likeness (QED) is 0.764. The number of carboxylic acid groups (broad SMARTS) is 1. The summed E-state index contributed by atoms with van der Waals surface area (Å²) in [6.07, 6.45) is 3.42. The number of rotatable bonds is 6. The van der Waals surface area contributed by atoms with Gasteiger partial charge in [0.05, 0.1) is 0 Å². The summed E-state index contributed by atoms with van der Waals surface area (Å²) in [5.74, 6) is -0.789. The Balaban J connectivity index is 2.12. The third-order valence-electron chi connectivity index (χ3n) is 3.14. The van der Waals surface area contributed by atoms with Crippen molar-refractivity contribution in [3.8, 4) is 0 Å². The van der Waals surface area contributed by atoms with Crippen LogP contribution in [0.2, 0.25) is 0 Å². The Labute approximate surface area is 120 Å². The minimum Gasteiger partial charge on any atom is -0.480 e. The molecule has 2 rings (SSSR count). The number of fused-ring (bicyclic) bond motifs is 1. The lowest BCUT2D eigenvalue weighted by Gasteiger charge is -2.12. The Morgan fingerprint density at radius 1 is 1.53 bits per heavy atom. The highest BCUT2D eigenvalue weighted by Gasteiger charge is 2.16. The van der Waals surface area contributed by atoms with Crippen LogP contribution in [0.1, 0.15) is 25.3 Å². The molecule has 5 heteroatoms. The van der Waals surface area contributed by atoms with Gasteiger partial charge in [0.15, 0.2) is 0 Å². The SMILES string of the molecule is CCCC(NCc1c[nH]c2ccc(Br)cc12)C(=O)O. The van der Waals surface area contributed by atoms with Crippen molar-refractivity contribution in [2.75, 3.05) is 0 Å². The van der Waals surface area contributed by atoms with Crippen LogP contribution in [0.4, 0.5) is 0 Å². The van der Waals surface area contributed by atoms with Crippen LogP contribution in [0, 0.1) is 0 Å². The Hall–Kier alpha value is -1.33. The standard InChI is InChI=1S/C14H17BrN2O2/c1-2-3-13(14(18)19)17-8-9-7-16-12-5-4-10(15)6-11(9)12/h4-7,13,16-17H,2-3,8H2,1H3,(H,18,19). The van der Waals surface area contributed by atoms with Gasteiger partial charge in [-0.25, -0.2) is 0 Å². The normalized spacial score (nSPS) is 12.7. The predicted octanol–water partition coefficient (Wildman–Crippen LogP) is 3.27. The Bertz CT molecular complexity index is 580. The van der Waals surface area contributed by atoms with Crippen molar-refractivity contribution in [3.63, 3.8) is 0 Å². The number of benzene rings is 1. The maximum absolute atomic E-state index is 11.1. The number of carboxylic acids is 1. The first-order chi connectivity index (χ1) is 9.11. The molecule has 1 atom stereocenters. The molecule has 1 aromatic carbocycles. The molecule has 0 spiro atoms. The molecular weight excluding hydrogens is 308 g/mol. The van der Waals surface area contributed by atoms with Gasteiger partial charge in [-0.3, -0.25) is 4.79 Å². The minimum absolute atomic E-state index is 0.484. The summed E-state index contributed by atoms with van der Waals surface area (Å²) in [7, 11) is 0. The monoisotopic (exact) mass is 324 g/mol. The molecule has 0 aliphatic carbocycles. The average molecular weight is 325 g/mol. The van der Waals surface area contributed by atoms with Crippen molar-refractivity contribution in [2.24, 2.45) is 0 Å².